The van der Waals surface area contributed by atoms with Gasteiger partial charge in [0.2, 0.25) is 11.9 Å². The highest BCUT2D eigenvalue weighted by Crippen LogP contribution is 2.18. The molecule has 0 radical (unpaired) electrons. The summed E-state index contributed by atoms with van der Waals surface area (Å²) in [5.41, 5.74) is 5.80. The highest BCUT2D eigenvalue weighted by Gasteiger charge is 2.23. The molecule has 2 aromatic heterocycles. The molecule has 1 saturated heterocycles. The average Bonchev–Trinajstić information content (AvgIpc) is 3.00. The second kappa shape index (κ2) is 5.60. The zero-order valence-electron chi connectivity index (χ0n) is 12.2. The van der Waals surface area contributed by atoms with E-state index in [0.717, 1.165) is 19.5 Å². The van der Waals surface area contributed by atoms with E-state index in [0.29, 0.717) is 17.9 Å². The number of rotatable bonds is 3. The van der Waals surface area contributed by atoms with Crippen molar-refractivity contribution < 1.29 is 0 Å². The maximum Gasteiger partial charge on any atom is 0.258 e. The topological polar surface area (TPSA) is 102 Å². The summed E-state index contributed by atoms with van der Waals surface area (Å²) in [4.78, 5) is 21.1. The molecule has 1 aliphatic heterocycles. The maximum absolute atomic E-state index is 5.80. The minimum atomic E-state index is 0.182. The van der Waals surface area contributed by atoms with Crippen molar-refractivity contribution in [3.8, 4) is 5.95 Å². The Bertz CT molecular complexity index is 597. The third-order valence-corrected chi connectivity index (χ3v) is 3.72. The van der Waals surface area contributed by atoms with Crippen LogP contribution in [0.3, 0.4) is 0 Å². The van der Waals surface area contributed by atoms with Gasteiger partial charge in [-0.1, -0.05) is 0 Å². The number of hydrogen-bond donors (Lipinski definition) is 1. The fraction of sp³-hybridized carbons (Fsp3) is 0.583. The van der Waals surface area contributed by atoms with E-state index in [2.05, 4.69) is 41.9 Å². The second-order valence-corrected chi connectivity index (χ2v) is 5.30. The van der Waals surface area contributed by atoms with Crippen molar-refractivity contribution in [3.05, 3.63) is 12.7 Å². The number of anilines is 2. The van der Waals surface area contributed by atoms with Crippen LogP contribution in [0.15, 0.2) is 12.7 Å². The standard InChI is InChI=1S/C12H19N9/c1-19-5-3-4-9(6-19)20(2)11-16-10(13)17-12(18-11)21-8-14-7-15-21/h7-9H,3-6H2,1-2H3,(H2,13,16,17,18). The molecule has 3 heterocycles. The first-order valence-electron chi connectivity index (χ1n) is 6.91. The number of hydrogen-bond acceptors (Lipinski definition) is 8. The van der Waals surface area contributed by atoms with E-state index in [1.807, 2.05) is 7.05 Å². The molecule has 0 spiro atoms. The van der Waals surface area contributed by atoms with Crippen LogP contribution in [0.4, 0.5) is 11.9 Å². The van der Waals surface area contributed by atoms with E-state index in [-0.39, 0.29) is 5.95 Å². The Hall–Kier alpha value is -2.29. The van der Waals surface area contributed by atoms with Crippen LogP contribution in [0.5, 0.6) is 0 Å². The fourth-order valence-electron chi connectivity index (χ4n) is 2.56. The number of likely N-dealkylation sites (tertiary alicyclic amines) is 1. The van der Waals surface area contributed by atoms with Gasteiger partial charge in [0, 0.05) is 19.6 Å². The van der Waals surface area contributed by atoms with Crippen molar-refractivity contribution in [1.82, 2.24) is 34.6 Å². The lowest BCUT2D eigenvalue weighted by atomic mass is 10.1. The third kappa shape index (κ3) is 2.92. The predicted octanol–water partition coefficient (Wildman–Crippen LogP) is -0.435. The first kappa shape index (κ1) is 13.7. The molecule has 0 amide bonds. The molecule has 1 atom stereocenters. The molecule has 21 heavy (non-hydrogen) atoms. The zero-order chi connectivity index (χ0) is 14.8. The van der Waals surface area contributed by atoms with Crippen molar-refractivity contribution >= 4 is 11.9 Å². The first-order valence-corrected chi connectivity index (χ1v) is 6.91. The molecular formula is C12H19N9. The van der Waals surface area contributed by atoms with Crippen LogP contribution >= 0.6 is 0 Å². The van der Waals surface area contributed by atoms with Crippen LogP contribution in [0, 0.1) is 0 Å². The molecule has 0 aliphatic carbocycles. The molecule has 1 aliphatic rings. The lowest BCUT2D eigenvalue weighted by Crippen LogP contribution is -2.45. The molecule has 9 heteroatoms. The van der Waals surface area contributed by atoms with Gasteiger partial charge in [0.25, 0.3) is 5.95 Å². The summed E-state index contributed by atoms with van der Waals surface area (Å²) >= 11 is 0. The third-order valence-electron chi connectivity index (χ3n) is 3.72. The number of aromatic nitrogens is 6. The van der Waals surface area contributed by atoms with Crippen molar-refractivity contribution in [2.75, 3.05) is 37.8 Å². The van der Waals surface area contributed by atoms with Gasteiger partial charge in [0.1, 0.15) is 12.7 Å². The maximum atomic E-state index is 5.80. The van der Waals surface area contributed by atoms with Crippen LogP contribution in [0.1, 0.15) is 12.8 Å². The van der Waals surface area contributed by atoms with Crippen LogP contribution in [0.2, 0.25) is 0 Å². The number of nitrogen functional groups attached to an aromatic ring is 1. The van der Waals surface area contributed by atoms with Crippen LogP contribution in [-0.4, -0.2) is 67.8 Å². The SMILES string of the molecule is CN1CCCC(N(C)c2nc(N)nc(-n3cncn3)n2)C1. The van der Waals surface area contributed by atoms with E-state index < -0.39 is 0 Å². The monoisotopic (exact) mass is 289 g/mol. The Morgan fingerprint density at radius 3 is 2.90 bits per heavy atom. The Morgan fingerprint density at radius 2 is 2.19 bits per heavy atom. The minimum absolute atomic E-state index is 0.182. The highest BCUT2D eigenvalue weighted by molar-refractivity contribution is 5.38. The summed E-state index contributed by atoms with van der Waals surface area (Å²) in [7, 11) is 4.12. The Balaban J connectivity index is 1.87. The summed E-state index contributed by atoms with van der Waals surface area (Å²) in [5, 5.41) is 4.02. The molecule has 1 fully saturated rings. The van der Waals surface area contributed by atoms with Gasteiger partial charge in [-0.25, -0.2) is 4.98 Å². The summed E-state index contributed by atoms with van der Waals surface area (Å²) < 4.78 is 1.47. The van der Waals surface area contributed by atoms with Gasteiger partial charge in [-0.2, -0.15) is 24.7 Å². The number of nitrogens with two attached hydrogens (primary N) is 1. The van der Waals surface area contributed by atoms with E-state index >= 15 is 0 Å². The smallest absolute Gasteiger partial charge is 0.258 e. The second-order valence-electron chi connectivity index (χ2n) is 5.30. The zero-order valence-corrected chi connectivity index (χ0v) is 12.2. The van der Waals surface area contributed by atoms with Crippen molar-refractivity contribution in [3.63, 3.8) is 0 Å². The lowest BCUT2D eigenvalue weighted by Gasteiger charge is -2.35. The molecule has 3 rings (SSSR count). The van der Waals surface area contributed by atoms with Crippen molar-refractivity contribution in [2.45, 2.75) is 18.9 Å². The van der Waals surface area contributed by atoms with Gasteiger partial charge in [-0.05, 0) is 26.4 Å². The lowest BCUT2D eigenvalue weighted by molar-refractivity contribution is 0.247. The molecule has 112 valence electrons. The Labute approximate surface area is 122 Å². The van der Waals surface area contributed by atoms with E-state index in [4.69, 9.17) is 5.73 Å². The molecule has 1 unspecified atom stereocenters. The molecule has 2 N–H and O–H groups in total. The van der Waals surface area contributed by atoms with Gasteiger partial charge in [0.05, 0.1) is 0 Å². The van der Waals surface area contributed by atoms with Gasteiger partial charge >= 0.3 is 0 Å². The van der Waals surface area contributed by atoms with Crippen molar-refractivity contribution in [2.24, 2.45) is 0 Å². The molecule has 0 saturated carbocycles. The van der Waals surface area contributed by atoms with Crippen LogP contribution in [0.25, 0.3) is 5.95 Å². The number of likely N-dealkylation sites (N-methyl/N-ethyl adjacent to an activating group) is 2. The quantitative estimate of drug-likeness (QED) is 0.811. The van der Waals surface area contributed by atoms with E-state index in [1.165, 1.54) is 23.8 Å². The normalized spacial score (nSPS) is 19.6. The largest absolute Gasteiger partial charge is 0.368 e. The number of piperidine rings is 1. The summed E-state index contributed by atoms with van der Waals surface area (Å²) in [6.07, 6.45) is 5.25. The molecule has 2 aromatic rings. The van der Waals surface area contributed by atoms with Gasteiger partial charge < -0.3 is 15.5 Å². The first-order chi connectivity index (χ1) is 10.1. The molecule has 9 nitrogen and oxygen atoms in total. The Morgan fingerprint density at radius 1 is 1.33 bits per heavy atom. The van der Waals surface area contributed by atoms with Gasteiger partial charge in [0.15, 0.2) is 0 Å². The van der Waals surface area contributed by atoms with Crippen LogP contribution in [-0.2, 0) is 0 Å². The highest BCUT2D eigenvalue weighted by atomic mass is 15.4. The summed E-state index contributed by atoms with van der Waals surface area (Å²) in [6.45, 7) is 2.12. The molecule has 0 aromatic carbocycles. The summed E-state index contributed by atoms with van der Waals surface area (Å²) in [6, 6.07) is 0.370. The van der Waals surface area contributed by atoms with Gasteiger partial charge in [-0.3, -0.25) is 0 Å². The average molecular weight is 289 g/mol. The van der Waals surface area contributed by atoms with E-state index in [9.17, 15) is 0 Å². The van der Waals surface area contributed by atoms with Crippen LogP contribution < -0.4 is 10.6 Å². The molecule has 0 bridgehead atoms. The molecular weight excluding hydrogens is 270 g/mol. The minimum Gasteiger partial charge on any atom is -0.368 e. The van der Waals surface area contributed by atoms with E-state index in [1.54, 1.807) is 0 Å². The predicted molar refractivity (Wildman–Crippen MR) is 78.1 cm³/mol. The van der Waals surface area contributed by atoms with Crippen molar-refractivity contribution in [1.29, 1.82) is 0 Å². The number of nitrogens with zero attached hydrogens (tertiary/aromatic N) is 8. The fourth-order valence-corrected chi connectivity index (χ4v) is 2.56. The Kier molecular flexibility index (Phi) is 3.65. The summed E-state index contributed by atoms with van der Waals surface area (Å²) in [5.74, 6) is 1.13. The van der Waals surface area contributed by atoms with Gasteiger partial charge in [-0.15, -0.1) is 0 Å².